The zero-order valence-corrected chi connectivity index (χ0v) is 13.7. The topological polar surface area (TPSA) is 28.6 Å². The number of anilines is 1. The van der Waals surface area contributed by atoms with Gasteiger partial charge in [0.15, 0.2) is 11.6 Å². The number of hydrogen-bond acceptors (Lipinski definition) is 4. The Morgan fingerprint density at radius 2 is 1.83 bits per heavy atom. The van der Waals surface area contributed by atoms with Crippen LogP contribution in [-0.4, -0.2) is 42.2 Å². The van der Waals surface area contributed by atoms with Gasteiger partial charge in [0.2, 0.25) is 0 Å². The van der Waals surface area contributed by atoms with E-state index in [2.05, 4.69) is 28.1 Å². The number of benzene rings is 1. The predicted molar refractivity (Wildman–Crippen MR) is 91.8 cm³/mol. The number of ether oxygens (including phenoxy) is 1. The van der Waals surface area contributed by atoms with Gasteiger partial charge in [0.1, 0.15) is 5.75 Å². The number of hydrogen-bond donors (Lipinski definition) is 0. The van der Waals surface area contributed by atoms with E-state index < -0.39 is 0 Å². The van der Waals surface area contributed by atoms with E-state index in [1.54, 1.807) is 12.3 Å². The molecule has 0 spiro atoms. The number of piperazine rings is 1. The lowest BCUT2D eigenvalue weighted by Gasteiger charge is -2.35. The standard InChI is InChI=1S/C19H22FN3O/c20-17-5-3-9-21-19(17)23-12-10-22(11-13-23)14-15-4-1-2-6-18(15)24-16-7-8-16/h1-6,9,16H,7-8,10-14H2. The van der Waals surface area contributed by atoms with Gasteiger partial charge in [-0.1, -0.05) is 18.2 Å². The Kier molecular flexibility index (Phi) is 4.34. The molecule has 4 rings (SSSR count). The molecule has 24 heavy (non-hydrogen) atoms. The van der Waals surface area contributed by atoms with E-state index in [0.29, 0.717) is 11.9 Å². The van der Waals surface area contributed by atoms with Crippen molar-refractivity contribution in [1.82, 2.24) is 9.88 Å². The first kappa shape index (κ1) is 15.4. The largest absolute Gasteiger partial charge is 0.490 e. The van der Waals surface area contributed by atoms with Crippen molar-refractivity contribution in [3.63, 3.8) is 0 Å². The molecule has 2 heterocycles. The van der Waals surface area contributed by atoms with Crippen LogP contribution in [0.1, 0.15) is 18.4 Å². The van der Waals surface area contributed by atoms with Gasteiger partial charge in [0.25, 0.3) is 0 Å². The van der Waals surface area contributed by atoms with Crippen molar-refractivity contribution < 1.29 is 9.13 Å². The number of para-hydroxylation sites is 1. The van der Waals surface area contributed by atoms with Gasteiger partial charge < -0.3 is 9.64 Å². The van der Waals surface area contributed by atoms with Gasteiger partial charge >= 0.3 is 0 Å². The Morgan fingerprint density at radius 3 is 2.58 bits per heavy atom. The molecule has 0 bridgehead atoms. The second-order valence-electron chi connectivity index (χ2n) is 6.50. The van der Waals surface area contributed by atoms with Gasteiger partial charge in [-0.05, 0) is 31.0 Å². The molecule has 126 valence electrons. The molecular weight excluding hydrogens is 305 g/mol. The first-order valence-corrected chi connectivity index (χ1v) is 8.62. The zero-order valence-electron chi connectivity index (χ0n) is 13.7. The highest BCUT2D eigenvalue weighted by Crippen LogP contribution is 2.30. The summed E-state index contributed by atoms with van der Waals surface area (Å²) in [5.74, 6) is 1.24. The Balaban J connectivity index is 1.37. The summed E-state index contributed by atoms with van der Waals surface area (Å²) in [7, 11) is 0. The fourth-order valence-electron chi connectivity index (χ4n) is 3.08. The molecule has 1 aliphatic heterocycles. The molecule has 0 unspecified atom stereocenters. The van der Waals surface area contributed by atoms with Gasteiger partial charge in [0.05, 0.1) is 6.10 Å². The van der Waals surface area contributed by atoms with E-state index in [-0.39, 0.29) is 5.82 Å². The number of rotatable bonds is 5. The van der Waals surface area contributed by atoms with Gasteiger partial charge in [0, 0.05) is 44.5 Å². The molecule has 0 radical (unpaired) electrons. The molecule has 1 aliphatic carbocycles. The summed E-state index contributed by atoms with van der Waals surface area (Å²) >= 11 is 0. The van der Waals surface area contributed by atoms with Crippen LogP contribution in [0.5, 0.6) is 5.75 Å². The molecule has 0 atom stereocenters. The van der Waals surface area contributed by atoms with Gasteiger partial charge in [-0.15, -0.1) is 0 Å². The minimum atomic E-state index is -0.242. The summed E-state index contributed by atoms with van der Waals surface area (Å²) in [6, 6.07) is 11.4. The van der Waals surface area contributed by atoms with E-state index in [1.807, 2.05) is 11.0 Å². The first-order chi connectivity index (χ1) is 11.8. The molecule has 5 heteroatoms. The van der Waals surface area contributed by atoms with E-state index in [0.717, 1.165) is 38.5 Å². The second kappa shape index (κ2) is 6.77. The van der Waals surface area contributed by atoms with Gasteiger partial charge in [-0.2, -0.15) is 0 Å². The number of halogens is 1. The lowest BCUT2D eigenvalue weighted by molar-refractivity contribution is 0.239. The number of nitrogens with zero attached hydrogens (tertiary/aromatic N) is 3. The molecule has 0 N–H and O–H groups in total. The third-order valence-electron chi connectivity index (χ3n) is 4.60. The SMILES string of the molecule is Fc1cccnc1N1CCN(Cc2ccccc2OC2CC2)CC1. The monoisotopic (exact) mass is 327 g/mol. The maximum Gasteiger partial charge on any atom is 0.165 e. The van der Waals surface area contributed by atoms with E-state index in [9.17, 15) is 4.39 Å². The second-order valence-corrected chi connectivity index (χ2v) is 6.50. The van der Waals surface area contributed by atoms with Gasteiger partial charge in [-0.25, -0.2) is 9.37 Å². The van der Waals surface area contributed by atoms with Crippen molar-refractivity contribution in [2.75, 3.05) is 31.1 Å². The highest BCUT2D eigenvalue weighted by atomic mass is 19.1. The summed E-state index contributed by atoms with van der Waals surface area (Å²) in [5.41, 5.74) is 1.24. The van der Waals surface area contributed by atoms with Crippen LogP contribution < -0.4 is 9.64 Å². The third-order valence-corrected chi connectivity index (χ3v) is 4.60. The molecule has 2 aliphatic rings. The summed E-state index contributed by atoms with van der Waals surface area (Å²) < 4.78 is 19.9. The molecule has 4 nitrogen and oxygen atoms in total. The number of pyridine rings is 1. The van der Waals surface area contributed by atoms with Crippen LogP contribution >= 0.6 is 0 Å². The van der Waals surface area contributed by atoms with Crippen LogP contribution in [0.25, 0.3) is 0 Å². The molecule has 0 amide bonds. The van der Waals surface area contributed by atoms with Crippen LogP contribution in [0.2, 0.25) is 0 Å². The summed E-state index contributed by atoms with van der Waals surface area (Å²) in [4.78, 5) is 8.60. The molecule has 2 fully saturated rings. The minimum Gasteiger partial charge on any atom is -0.490 e. The van der Waals surface area contributed by atoms with E-state index in [1.165, 1.54) is 24.5 Å². The quantitative estimate of drug-likeness (QED) is 0.844. The average Bonchev–Trinajstić information content (AvgIpc) is 3.42. The normalized spacial score (nSPS) is 18.6. The Labute approximate surface area is 141 Å². The smallest absolute Gasteiger partial charge is 0.165 e. The molecular formula is C19H22FN3O. The van der Waals surface area contributed by atoms with Crippen LogP contribution in [-0.2, 0) is 6.54 Å². The number of aromatic nitrogens is 1. The Bertz CT molecular complexity index is 697. The van der Waals surface area contributed by atoms with Crippen LogP contribution in [0, 0.1) is 5.82 Å². The van der Waals surface area contributed by atoms with E-state index in [4.69, 9.17) is 4.74 Å². The molecule has 1 saturated carbocycles. The maximum absolute atomic E-state index is 13.9. The average molecular weight is 327 g/mol. The van der Waals surface area contributed by atoms with Crippen molar-refractivity contribution in [1.29, 1.82) is 0 Å². The molecule has 1 saturated heterocycles. The molecule has 2 aromatic rings. The van der Waals surface area contributed by atoms with Crippen molar-refractivity contribution in [3.05, 3.63) is 54.0 Å². The van der Waals surface area contributed by atoms with E-state index >= 15 is 0 Å². The first-order valence-electron chi connectivity index (χ1n) is 8.62. The van der Waals surface area contributed by atoms with Crippen LogP contribution in [0.3, 0.4) is 0 Å². The van der Waals surface area contributed by atoms with Crippen molar-refractivity contribution in [3.8, 4) is 5.75 Å². The third kappa shape index (κ3) is 3.51. The highest BCUT2D eigenvalue weighted by molar-refractivity contribution is 5.40. The lowest BCUT2D eigenvalue weighted by atomic mass is 10.1. The fraction of sp³-hybridized carbons (Fsp3) is 0.421. The van der Waals surface area contributed by atoms with Crippen LogP contribution in [0.15, 0.2) is 42.6 Å². The summed E-state index contributed by atoms with van der Waals surface area (Å²) in [6.45, 7) is 4.25. The fourth-order valence-corrected chi connectivity index (χ4v) is 3.08. The van der Waals surface area contributed by atoms with Crippen molar-refractivity contribution in [2.24, 2.45) is 0 Å². The minimum absolute atomic E-state index is 0.242. The Morgan fingerprint density at radius 1 is 1.04 bits per heavy atom. The summed E-state index contributed by atoms with van der Waals surface area (Å²) in [5, 5.41) is 0. The Hall–Kier alpha value is -2.14. The maximum atomic E-state index is 13.9. The zero-order chi connectivity index (χ0) is 16.4. The predicted octanol–water partition coefficient (Wildman–Crippen LogP) is 3.08. The lowest BCUT2D eigenvalue weighted by Crippen LogP contribution is -2.46. The van der Waals surface area contributed by atoms with Crippen LogP contribution in [0.4, 0.5) is 10.2 Å². The molecule has 1 aromatic carbocycles. The van der Waals surface area contributed by atoms with Crippen molar-refractivity contribution in [2.45, 2.75) is 25.5 Å². The highest BCUT2D eigenvalue weighted by Gasteiger charge is 2.25. The van der Waals surface area contributed by atoms with Gasteiger partial charge in [-0.3, -0.25) is 4.90 Å². The molecule has 1 aromatic heterocycles. The summed E-state index contributed by atoms with van der Waals surface area (Å²) in [6.07, 6.45) is 4.40. The van der Waals surface area contributed by atoms with Crippen molar-refractivity contribution >= 4 is 5.82 Å².